The molecular weight excluding hydrogens is 430 g/mol. The van der Waals surface area contributed by atoms with Crippen molar-refractivity contribution >= 4 is 34.0 Å². The molecule has 0 unspecified atom stereocenters. The van der Waals surface area contributed by atoms with Crippen LogP contribution in [0.5, 0.6) is 5.75 Å². The minimum absolute atomic E-state index is 0.164. The molecule has 30 heavy (non-hydrogen) atoms. The number of carboxylic acids is 1. The lowest BCUT2D eigenvalue weighted by Gasteiger charge is -2.44. The van der Waals surface area contributed by atoms with Gasteiger partial charge >= 0.3 is 5.97 Å². The van der Waals surface area contributed by atoms with Crippen LogP contribution in [-0.2, 0) is 17.8 Å². The van der Waals surface area contributed by atoms with Gasteiger partial charge in [0.2, 0.25) is 11.0 Å². The van der Waals surface area contributed by atoms with E-state index in [0.717, 1.165) is 65.0 Å². The van der Waals surface area contributed by atoms with Gasteiger partial charge in [0.1, 0.15) is 11.4 Å². The molecule has 2 aliphatic heterocycles. The van der Waals surface area contributed by atoms with Crippen molar-refractivity contribution in [3.05, 3.63) is 28.8 Å². The Morgan fingerprint density at radius 1 is 1.23 bits per heavy atom. The molecule has 2 aromatic heterocycles. The van der Waals surface area contributed by atoms with Crippen molar-refractivity contribution in [2.45, 2.75) is 37.8 Å². The first-order chi connectivity index (χ1) is 14.5. The summed E-state index contributed by atoms with van der Waals surface area (Å²) >= 11 is 7.67. The lowest BCUT2D eigenvalue weighted by Crippen LogP contribution is -2.49. The van der Waals surface area contributed by atoms with Crippen LogP contribution in [0.3, 0.4) is 0 Å². The number of halogens is 1. The Morgan fingerprint density at radius 3 is 2.87 bits per heavy atom. The minimum atomic E-state index is -1.03. The summed E-state index contributed by atoms with van der Waals surface area (Å²) < 4.78 is 6.41. The molecule has 1 N–H and O–H groups in total. The average Bonchev–Trinajstić information content (AvgIpc) is 3.38. The predicted octanol–water partition coefficient (Wildman–Crippen LogP) is 2.29. The summed E-state index contributed by atoms with van der Waals surface area (Å²) in [5.74, 6) is 0.141. The number of aromatic nitrogens is 6. The summed E-state index contributed by atoms with van der Waals surface area (Å²) in [7, 11) is 0. The number of hydrogen-bond acceptors (Lipinski definition) is 9. The minimum Gasteiger partial charge on any atom is -0.487 e. The maximum Gasteiger partial charge on any atom is 0.327 e. The zero-order valence-electron chi connectivity index (χ0n) is 15.9. The Hall–Kier alpha value is -2.79. The number of ether oxygens (including phenoxy) is 1. The quantitative estimate of drug-likeness (QED) is 0.642. The molecule has 156 valence electrons. The zero-order chi connectivity index (χ0) is 20.7. The van der Waals surface area contributed by atoms with Gasteiger partial charge in [-0.05, 0) is 30.2 Å². The van der Waals surface area contributed by atoms with E-state index in [4.69, 9.17) is 21.4 Å². The van der Waals surface area contributed by atoms with Crippen molar-refractivity contribution < 1.29 is 14.6 Å². The highest BCUT2D eigenvalue weighted by atomic mass is 35.5. The number of nitrogens with zero attached hydrogens (tertiary/aromatic N) is 7. The van der Waals surface area contributed by atoms with Crippen molar-refractivity contribution in [2.24, 2.45) is 0 Å². The number of hydrogen-bond donors (Lipinski definition) is 1. The summed E-state index contributed by atoms with van der Waals surface area (Å²) in [6.07, 6.45) is 3.66. The molecule has 0 radical (unpaired) electrons. The maximum atomic E-state index is 10.8. The van der Waals surface area contributed by atoms with Gasteiger partial charge in [-0.2, -0.15) is 4.80 Å². The van der Waals surface area contributed by atoms with E-state index in [2.05, 4.69) is 30.5 Å². The Labute approximate surface area is 180 Å². The first-order valence-corrected chi connectivity index (χ1v) is 10.8. The van der Waals surface area contributed by atoms with E-state index in [1.807, 2.05) is 18.2 Å². The van der Waals surface area contributed by atoms with E-state index in [-0.39, 0.29) is 18.0 Å². The zero-order valence-corrected chi connectivity index (χ0v) is 17.4. The number of aliphatic carboxylic acids is 1. The Bertz CT molecular complexity index is 1090. The molecule has 3 aromatic rings. The summed E-state index contributed by atoms with van der Waals surface area (Å²) in [6, 6.07) is 5.83. The number of piperidine rings is 1. The smallest absolute Gasteiger partial charge is 0.327 e. The standard InChI is InChI=1S/C18H18ClN7O3S/c19-12-2-1-3-13-11(12)4-5-18(29-13)6-8-25(9-7-18)17-22-21-16(30-17)15-20-24-26(23-15)10-14(27)28/h1-3H,4-10H2,(H,27,28). The van der Waals surface area contributed by atoms with Crippen molar-refractivity contribution in [2.75, 3.05) is 18.0 Å². The van der Waals surface area contributed by atoms with Crippen LogP contribution in [0.2, 0.25) is 5.02 Å². The van der Waals surface area contributed by atoms with Crippen LogP contribution in [0.4, 0.5) is 5.13 Å². The van der Waals surface area contributed by atoms with E-state index < -0.39 is 5.97 Å². The molecule has 2 aliphatic rings. The van der Waals surface area contributed by atoms with E-state index in [0.29, 0.717) is 5.01 Å². The molecule has 0 saturated carbocycles. The van der Waals surface area contributed by atoms with Crippen LogP contribution < -0.4 is 9.64 Å². The van der Waals surface area contributed by atoms with Gasteiger partial charge in [-0.15, -0.1) is 20.4 Å². The van der Waals surface area contributed by atoms with E-state index >= 15 is 0 Å². The fraction of sp³-hybridized carbons (Fsp3) is 0.444. The molecule has 10 nitrogen and oxygen atoms in total. The second-order valence-electron chi connectivity index (χ2n) is 7.42. The molecule has 0 aliphatic carbocycles. The van der Waals surface area contributed by atoms with E-state index in [1.165, 1.54) is 11.3 Å². The number of anilines is 1. The van der Waals surface area contributed by atoms with Gasteiger partial charge in [0.15, 0.2) is 11.6 Å². The lowest BCUT2D eigenvalue weighted by molar-refractivity contribution is -0.138. The average molecular weight is 448 g/mol. The summed E-state index contributed by atoms with van der Waals surface area (Å²) in [4.78, 5) is 14.0. The van der Waals surface area contributed by atoms with Crippen LogP contribution in [-0.4, -0.2) is 60.2 Å². The second-order valence-corrected chi connectivity index (χ2v) is 8.78. The van der Waals surface area contributed by atoms with Gasteiger partial charge in [0.25, 0.3) is 0 Å². The SMILES string of the molecule is O=C(O)Cn1nnc(-c2nnc(N3CCC4(CCc5c(Cl)cccc5O4)CC3)s2)n1. The molecular formula is C18H18ClN7O3S. The third kappa shape index (κ3) is 3.58. The van der Waals surface area contributed by atoms with Crippen LogP contribution in [0.1, 0.15) is 24.8 Å². The van der Waals surface area contributed by atoms with Gasteiger partial charge in [-0.3, -0.25) is 4.79 Å². The number of rotatable bonds is 4. The topological polar surface area (TPSA) is 119 Å². The number of carbonyl (C=O) groups is 1. The van der Waals surface area contributed by atoms with Crippen molar-refractivity contribution in [1.82, 2.24) is 30.4 Å². The molecule has 1 spiro atoms. The van der Waals surface area contributed by atoms with Crippen LogP contribution >= 0.6 is 22.9 Å². The highest BCUT2D eigenvalue weighted by Crippen LogP contribution is 2.42. The normalized spacial score (nSPS) is 17.6. The first-order valence-electron chi connectivity index (χ1n) is 9.56. The Balaban J connectivity index is 1.25. The lowest BCUT2D eigenvalue weighted by atomic mass is 9.83. The first kappa shape index (κ1) is 19.2. The Kier molecular flexibility index (Phi) is 4.78. The third-order valence-corrected chi connectivity index (χ3v) is 6.85. The van der Waals surface area contributed by atoms with Crippen molar-refractivity contribution in [3.63, 3.8) is 0 Å². The largest absolute Gasteiger partial charge is 0.487 e. The molecule has 1 aromatic carbocycles. The summed E-state index contributed by atoms with van der Waals surface area (Å²) in [5, 5.41) is 31.0. The summed E-state index contributed by atoms with van der Waals surface area (Å²) in [5.41, 5.74) is 0.937. The van der Waals surface area contributed by atoms with Gasteiger partial charge in [-0.1, -0.05) is 29.0 Å². The van der Waals surface area contributed by atoms with Crippen molar-refractivity contribution in [1.29, 1.82) is 0 Å². The molecule has 0 bridgehead atoms. The Morgan fingerprint density at radius 2 is 2.07 bits per heavy atom. The molecule has 4 heterocycles. The molecule has 1 saturated heterocycles. The van der Waals surface area contributed by atoms with Crippen molar-refractivity contribution in [3.8, 4) is 16.6 Å². The molecule has 0 amide bonds. The second kappa shape index (κ2) is 7.47. The monoisotopic (exact) mass is 447 g/mol. The van der Waals surface area contributed by atoms with Crippen LogP contribution in [0.15, 0.2) is 18.2 Å². The third-order valence-electron chi connectivity index (χ3n) is 5.51. The molecule has 1 fully saturated rings. The highest BCUT2D eigenvalue weighted by Gasteiger charge is 2.40. The molecule has 0 atom stereocenters. The predicted molar refractivity (Wildman–Crippen MR) is 109 cm³/mol. The number of benzene rings is 1. The summed E-state index contributed by atoms with van der Waals surface area (Å²) in [6.45, 7) is 1.27. The van der Waals surface area contributed by atoms with E-state index in [1.54, 1.807) is 0 Å². The molecule has 5 rings (SSSR count). The van der Waals surface area contributed by atoms with Gasteiger partial charge in [-0.25, -0.2) is 0 Å². The van der Waals surface area contributed by atoms with Crippen LogP contribution in [0.25, 0.3) is 10.8 Å². The van der Waals surface area contributed by atoms with Gasteiger partial charge in [0, 0.05) is 36.5 Å². The number of tetrazole rings is 1. The highest BCUT2D eigenvalue weighted by molar-refractivity contribution is 7.18. The van der Waals surface area contributed by atoms with E-state index in [9.17, 15) is 4.79 Å². The van der Waals surface area contributed by atoms with Gasteiger partial charge < -0.3 is 14.7 Å². The van der Waals surface area contributed by atoms with Crippen LogP contribution in [0, 0.1) is 0 Å². The molecule has 12 heteroatoms. The number of fused-ring (bicyclic) bond motifs is 1. The fourth-order valence-electron chi connectivity index (χ4n) is 3.92. The fourth-order valence-corrected chi connectivity index (χ4v) is 5.00. The maximum absolute atomic E-state index is 10.8. The van der Waals surface area contributed by atoms with Gasteiger partial charge in [0.05, 0.1) is 0 Å². The number of carboxylic acid groups (broad SMARTS) is 1.